The molecule has 0 aliphatic carbocycles. The summed E-state index contributed by atoms with van der Waals surface area (Å²) in [6, 6.07) is 6.68. The summed E-state index contributed by atoms with van der Waals surface area (Å²) in [5, 5.41) is 0. The van der Waals surface area contributed by atoms with Crippen molar-refractivity contribution in [3.8, 4) is 11.8 Å². The Morgan fingerprint density at radius 3 is 2.50 bits per heavy atom. The SMILES string of the molecule is CC(C)(C)CCNS(=O)(=O)c1ccccc1C#CCN. The van der Waals surface area contributed by atoms with E-state index < -0.39 is 10.0 Å². The molecule has 4 nitrogen and oxygen atoms in total. The normalized spacial score (nSPS) is 11.8. The van der Waals surface area contributed by atoms with Gasteiger partial charge in [-0.05, 0) is 24.0 Å². The molecule has 0 saturated heterocycles. The van der Waals surface area contributed by atoms with E-state index >= 15 is 0 Å². The molecule has 1 aromatic rings. The molecule has 1 rings (SSSR count). The Kier molecular flexibility index (Phi) is 5.75. The second-order valence-electron chi connectivity index (χ2n) is 5.71. The molecule has 0 fully saturated rings. The van der Waals surface area contributed by atoms with Gasteiger partial charge in [0.1, 0.15) is 0 Å². The van der Waals surface area contributed by atoms with Crippen LogP contribution in [-0.4, -0.2) is 21.5 Å². The molecule has 0 radical (unpaired) electrons. The molecule has 0 aliphatic rings. The lowest BCUT2D eigenvalue weighted by atomic mass is 9.93. The lowest BCUT2D eigenvalue weighted by Gasteiger charge is -2.18. The number of hydrogen-bond donors (Lipinski definition) is 2. The predicted molar refractivity (Wildman–Crippen MR) is 81.6 cm³/mol. The van der Waals surface area contributed by atoms with Gasteiger partial charge < -0.3 is 5.73 Å². The second-order valence-corrected chi connectivity index (χ2v) is 7.45. The Morgan fingerprint density at radius 1 is 1.25 bits per heavy atom. The van der Waals surface area contributed by atoms with Gasteiger partial charge >= 0.3 is 0 Å². The van der Waals surface area contributed by atoms with Crippen LogP contribution in [0.25, 0.3) is 0 Å². The summed E-state index contributed by atoms with van der Waals surface area (Å²) in [6.07, 6.45) is 0.767. The highest BCUT2D eigenvalue weighted by Gasteiger charge is 2.18. The number of nitrogens with two attached hydrogens (primary N) is 1. The number of hydrogen-bond acceptors (Lipinski definition) is 3. The van der Waals surface area contributed by atoms with Gasteiger partial charge in [-0.3, -0.25) is 0 Å². The van der Waals surface area contributed by atoms with Crippen LogP contribution in [0.4, 0.5) is 0 Å². The zero-order chi connectivity index (χ0) is 15.2. The molecule has 3 N–H and O–H groups in total. The summed E-state index contributed by atoms with van der Waals surface area (Å²) in [6.45, 7) is 6.82. The summed E-state index contributed by atoms with van der Waals surface area (Å²) in [5.41, 5.74) is 5.88. The van der Waals surface area contributed by atoms with Gasteiger partial charge in [-0.2, -0.15) is 0 Å². The molecular formula is C15H22N2O2S. The summed E-state index contributed by atoms with van der Waals surface area (Å²) in [4.78, 5) is 0.204. The van der Waals surface area contributed by atoms with Gasteiger partial charge in [-0.15, -0.1) is 0 Å². The third-order valence-electron chi connectivity index (χ3n) is 2.67. The third-order valence-corrected chi connectivity index (χ3v) is 4.19. The van der Waals surface area contributed by atoms with Crippen molar-refractivity contribution in [3.63, 3.8) is 0 Å². The molecule has 110 valence electrons. The van der Waals surface area contributed by atoms with Gasteiger partial charge in [0, 0.05) is 12.1 Å². The highest BCUT2D eigenvalue weighted by Crippen LogP contribution is 2.18. The maximum Gasteiger partial charge on any atom is 0.241 e. The molecule has 0 bridgehead atoms. The average molecular weight is 294 g/mol. The minimum absolute atomic E-state index is 0.0847. The highest BCUT2D eigenvalue weighted by atomic mass is 32.2. The first-order valence-corrected chi connectivity index (χ1v) is 8.02. The Morgan fingerprint density at radius 2 is 1.90 bits per heavy atom. The molecule has 0 aliphatic heterocycles. The van der Waals surface area contributed by atoms with Crippen molar-refractivity contribution in [2.45, 2.75) is 32.1 Å². The van der Waals surface area contributed by atoms with Crippen LogP contribution in [0.1, 0.15) is 32.8 Å². The molecule has 0 heterocycles. The number of nitrogens with one attached hydrogen (secondary N) is 1. The minimum Gasteiger partial charge on any atom is -0.320 e. The van der Waals surface area contributed by atoms with Crippen LogP contribution in [0.15, 0.2) is 29.2 Å². The van der Waals surface area contributed by atoms with Crippen LogP contribution in [0.2, 0.25) is 0 Å². The van der Waals surface area contributed by atoms with Crippen LogP contribution in [0.3, 0.4) is 0 Å². The van der Waals surface area contributed by atoms with Gasteiger partial charge in [-0.1, -0.05) is 44.7 Å². The summed E-state index contributed by atoms with van der Waals surface area (Å²) in [5.74, 6) is 5.47. The topological polar surface area (TPSA) is 72.2 Å². The van der Waals surface area contributed by atoms with Crippen LogP contribution in [0, 0.1) is 17.3 Å². The van der Waals surface area contributed by atoms with E-state index in [4.69, 9.17) is 5.73 Å². The summed E-state index contributed by atoms with van der Waals surface area (Å²) in [7, 11) is -3.54. The van der Waals surface area contributed by atoms with Crippen LogP contribution < -0.4 is 10.5 Å². The molecule has 20 heavy (non-hydrogen) atoms. The zero-order valence-corrected chi connectivity index (χ0v) is 13.0. The van der Waals surface area contributed by atoms with E-state index in [2.05, 4.69) is 37.3 Å². The highest BCUT2D eigenvalue weighted by molar-refractivity contribution is 7.89. The van der Waals surface area contributed by atoms with Gasteiger partial charge in [0.15, 0.2) is 0 Å². The first-order chi connectivity index (χ1) is 9.26. The standard InChI is InChI=1S/C15H22N2O2S/c1-15(2,3)10-12-17-20(18,19)14-9-5-4-7-13(14)8-6-11-16/h4-5,7,9,17H,10-12,16H2,1-3H3. The second kappa shape index (κ2) is 6.89. The smallest absolute Gasteiger partial charge is 0.241 e. The van der Waals surface area contributed by atoms with Crippen molar-refractivity contribution in [1.82, 2.24) is 4.72 Å². The van der Waals surface area contributed by atoms with Crippen molar-refractivity contribution in [1.29, 1.82) is 0 Å². The zero-order valence-electron chi connectivity index (χ0n) is 12.2. The first-order valence-electron chi connectivity index (χ1n) is 6.54. The molecule has 5 heteroatoms. The number of sulfonamides is 1. The molecule has 0 atom stereocenters. The van der Waals surface area contributed by atoms with E-state index in [1.165, 1.54) is 0 Å². The molecule has 0 saturated carbocycles. The first kappa shape index (κ1) is 16.7. The fourth-order valence-corrected chi connectivity index (χ4v) is 2.78. The van der Waals surface area contributed by atoms with Gasteiger partial charge in [-0.25, -0.2) is 13.1 Å². The molecule has 1 aromatic carbocycles. The third kappa shape index (κ3) is 5.33. The van der Waals surface area contributed by atoms with E-state index in [1.54, 1.807) is 24.3 Å². The van der Waals surface area contributed by atoms with Crippen molar-refractivity contribution >= 4 is 10.0 Å². The van der Waals surface area contributed by atoms with Crippen LogP contribution in [-0.2, 0) is 10.0 Å². The fraction of sp³-hybridized carbons (Fsp3) is 0.467. The van der Waals surface area contributed by atoms with Crippen LogP contribution in [0.5, 0.6) is 0 Å². The molecule has 0 amide bonds. The quantitative estimate of drug-likeness (QED) is 0.830. The van der Waals surface area contributed by atoms with Gasteiger partial charge in [0.05, 0.1) is 11.4 Å². The predicted octanol–water partition coefficient (Wildman–Crippen LogP) is 1.71. The van der Waals surface area contributed by atoms with Crippen LogP contribution >= 0.6 is 0 Å². The summed E-state index contributed by atoms with van der Waals surface area (Å²) < 4.78 is 27.2. The summed E-state index contributed by atoms with van der Waals surface area (Å²) >= 11 is 0. The monoisotopic (exact) mass is 294 g/mol. The Bertz CT molecular complexity index is 605. The van der Waals surface area contributed by atoms with E-state index in [0.717, 1.165) is 6.42 Å². The fourth-order valence-electron chi connectivity index (χ4n) is 1.59. The van der Waals surface area contributed by atoms with Gasteiger partial charge in [0.25, 0.3) is 0 Å². The Hall–Kier alpha value is -1.35. The minimum atomic E-state index is -3.54. The maximum atomic E-state index is 12.3. The van der Waals surface area contributed by atoms with E-state index in [-0.39, 0.29) is 16.9 Å². The maximum absolute atomic E-state index is 12.3. The van der Waals surface area contributed by atoms with E-state index in [9.17, 15) is 8.42 Å². The average Bonchev–Trinajstić information content (AvgIpc) is 2.34. The largest absolute Gasteiger partial charge is 0.320 e. The molecule has 0 unspecified atom stereocenters. The van der Waals surface area contributed by atoms with Gasteiger partial charge in [0.2, 0.25) is 10.0 Å². The van der Waals surface area contributed by atoms with E-state index in [0.29, 0.717) is 12.1 Å². The number of benzene rings is 1. The van der Waals surface area contributed by atoms with Crippen molar-refractivity contribution in [2.24, 2.45) is 11.1 Å². The molecule has 0 aromatic heterocycles. The van der Waals surface area contributed by atoms with Crippen molar-refractivity contribution in [3.05, 3.63) is 29.8 Å². The Balaban J connectivity index is 2.93. The van der Waals surface area contributed by atoms with Crippen molar-refractivity contribution < 1.29 is 8.42 Å². The number of rotatable bonds is 4. The lowest BCUT2D eigenvalue weighted by Crippen LogP contribution is -2.28. The van der Waals surface area contributed by atoms with E-state index in [1.807, 2.05) is 0 Å². The van der Waals surface area contributed by atoms with Crippen molar-refractivity contribution in [2.75, 3.05) is 13.1 Å². The molecular weight excluding hydrogens is 272 g/mol. The Labute approximate surface area is 121 Å². The molecule has 0 spiro atoms. The lowest BCUT2D eigenvalue weighted by molar-refractivity contribution is 0.378.